The number of nitrogens with zero attached hydrogens (tertiary/aromatic N) is 3. The maximum Gasteiger partial charge on any atom is 0.276 e. The molecule has 0 spiro atoms. The molecule has 0 amide bonds. The van der Waals surface area contributed by atoms with E-state index in [4.69, 9.17) is 16.3 Å². The molecule has 2 aromatic heterocycles. The number of nitrogens with one attached hydrogen (secondary N) is 1. The van der Waals surface area contributed by atoms with Gasteiger partial charge >= 0.3 is 0 Å². The van der Waals surface area contributed by atoms with Crippen LogP contribution in [0.15, 0.2) is 59.4 Å². The van der Waals surface area contributed by atoms with Crippen LogP contribution in [0.25, 0.3) is 17.2 Å². The van der Waals surface area contributed by atoms with Gasteiger partial charge in [0.1, 0.15) is 12.4 Å². The highest BCUT2D eigenvalue weighted by Crippen LogP contribution is 2.27. The molecule has 2 heterocycles. The van der Waals surface area contributed by atoms with Crippen LogP contribution in [-0.2, 0) is 6.61 Å². The smallest absolute Gasteiger partial charge is 0.276 e. The molecule has 7 heteroatoms. The lowest BCUT2D eigenvalue weighted by Crippen LogP contribution is -2.16. The van der Waals surface area contributed by atoms with Crippen LogP contribution in [0, 0.1) is 6.92 Å². The van der Waals surface area contributed by atoms with Gasteiger partial charge in [-0.2, -0.15) is 9.50 Å². The molecule has 0 aliphatic heterocycles. The number of hydrogen-bond donors (Lipinski definition) is 1. The number of fused-ring (bicyclic) bond motifs is 1. The summed E-state index contributed by atoms with van der Waals surface area (Å²) < 4.78 is 6.98. The normalized spacial score (nSPS) is 11.0. The Labute approximate surface area is 154 Å². The number of aryl methyl sites for hydroxylation is 1. The van der Waals surface area contributed by atoms with Crippen molar-refractivity contribution >= 4 is 17.4 Å². The first-order valence-corrected chi connectivity index (χ1v) is 8.42. The molecule has 0 bridgehead atoms. The molecule has 6 nitrogen and oxygen atoms in total. The monoisotopic (exact) mass is 366 g/mol. The molecular formula is C19H15ClN4O2. The number of H-pyrrole nitrogens is 1. The van der Waals surface area contributed by atoms with E-state index in [0.717, 1.165) is 11.1 Å². The molecule has 1 N–H and O–H groups in total. The SMILES string of the molecule is Cc1cccc(OCc2cc(=O)n3nc(-c4ccccc4)nc3[nH]2)c1Cl. The van der Waals surface area contributed by atoms with E-state index in [1.807, 2.05) is 49.4 Å². The topological polar surface area (TPSA) is 72.3 Å². The van der Waals surface area contributed by atoms with E-state index in [1.54, 1.807) is 6.07 Å². The van der Waals surface area contributed by atoms with Crippen molar-refractivity contribution in [2.24, 2.45) is 0 Å². The van der Waals surface area contributed by atoms with Gasteiger partial charge in [0.15, 0.2) is 5.82 Å². The predicted octanol–water partition coefficient (Wildman–Crippen LogP) is 3.63. The van der Waals surface area contributed by atoms with Crippen LogP contribution in [0.3, 0.4) is 0 Å². The number of aromatic nitrogens is 4. The molecule has 4 aromatic rings. The summed E-state index contributed by atoms with van der Waals surface area (Å²) in [6, 6.07) is 16.5. The van der Waals surface area contributed by atoms with Crippen molar-refractivity contribution in [2.75, 3.05) is 0 Å². The van der Waals surface area contributed by atoms with Crippen LogP contribution in [0.4, 0.5) is 0 Å². The van der Waals surface area contributed by atoms with Gasteiger partial charge in [-0.3, -0.25) is 4.79 Å². The molecule has 0 radical (unpaired) electrons. The van der Waals surface area contributed by atoms with E-state index in [2.05, 4.69) is 15.1 Å². The van der Waals surface area contributed by atoms with Crippen LogP contribution < -0.4 is 10.3 Å². The molecule has 0 aliphatic rings. The molecule has 2 aromatic carbocycles. The summed E-state index contributed by atoms with van der Waals surface area (Å²) in [6.45, 7) is 2.08. The van der Waals surface area contributed by atoms with Gasteiger partial charge in [-0.1, -0.05) is 54.1 Å². The average molecular weight is 367 g/mol. The molecule has 0 atom stereocenters. The number of benzene rings is 2. The quantitative estimate of drug-likeness (QED) is 0.598. The van der Waals surface area contributed by atoms with Crippen LogP contribution in [0.5, 0.6) is 5.75 Å². The lowest BCUT2D eigenvalue weighted by Gasteiger charge is -2.09. The summed E-state index contributed by atoms with van der Waals surface area (Å²) in [5.41, 5.74) is 2.08. The van der Waals surface area contributed by atoms with E-state index < -0.39 is 0 Å². The minimum Gasteiger partial charge on any atom is -0.486 e. The first-order valence-electron chi connectivity index (χ1n) is 8.04. The minimum absolute atomic E-state index is 0.169. The van der Waals surface area contributed by atoms with Crippen LogP contribution >= 0.6 is 11.6 Å². The Balaban J connectivity index is 1.65. The van der Waals surface area contributed by atoms with Gasteiger partial charge in [-0.15, -0.1) is 5.10 Å². The van der Waals surface area contributed by atoms with Crippen molar-refractivity contribution < 1.29 is 4.74 Å². The van der Waals surface area contributed by atoms with E-state index in [1.165, 1.54) is 10.6 Å². The number of hydrogen-bond acceptors (Lipinski definition) is 4. The lowest BCUT2D eigenvalue weighted by atomic mass is 10.2. The fourth-order valence-electron chi connectivity index (χ4n) is 2.61. The van der Waals surface area contributed by atoms with Crippen molar-refractivity contribution in [3.8, 4) is 17.1 Å². The zero-order chi connectivity index (χ0) is 18.1. The first kappa shape index (κ1) is 16.4. The minimum atomic E-state index is -0.276. The second kappa shape index (κ2) is 6.65. The summed E-state index contributed by atoms with van der Waals surface area (Å²) in [7, 11) is 0. The molecule has 4 rings (SSSR count). The van der Waals surface area contributed by atoms with Crippen molar-refractivity contribution in [3.63, 3.8) is 0 Å². The Hall–Kier alpha value is -3.12. The predicted molar refractivity (Wildman–Crippen MR) is 99.6 cm³/mol. The fraction of sp³-hybridized carbons (Fsp3) is 0.105. The third kappa shape index (κ3) is 3.07. The van der Waals surface area contributed by atoms with Gasteiger partial charge in [0.25, 0.3) is 5.56 Å². The number of ether oxygens (including phenoxy) is 1. The van der Waals surface area contributed by atoms with E-state index in [-0.39, 0.29) is 12.2 Å². The molecule has 0 fully saturated rings. The molecule has 0 unspecified atom stereocenters. The van der Waals surface area contributed by atoms with E-state index in [0.29, 0.717) is 28.1 Å². The maximum absolute atomic E-state index is 12.3. The Bertz CT molecular complexity index is 1140. The fourth-order valence-corrected chi connectivity index (χ4v) is 2.79. The van der Waals surface area contributed by atoms with Crippen molar-refractivity contribution in [1.82, 2.24) is 19.6 Å². The number of rotatable bonds is 4. The van der Waals surface area contributed by atoms with Crippen LogP contribution in [0.1, 0.15) is 11.3 Å². The molecule has 0 saturated carbocycles. The summed E-state index contributed by atoms with van der Waals surface area (Å²) in [6.07, 6.45) is 0. The summed E-state index contributed by atoms with van der Waals surface area (Å²) in [5, 5.41) is 4.83. The second-order valence-electron chi connectivity index (χ2n) is 5.85. The molecule has 130 valence electrons. The summed E-state index contributed by atoms with van der Waals surface area (Å²) in [5.74, 6) is 1.42. The van der Waals surface area contributed by atoms with Crippen molar-refractivity contribution in [3.05, 3.63) is 81.2 Å². The number of aromatic amines is 1. The molecule has 26 heavy (non-hydrogen) atoms. The van der Waals surface area contributed by atoms with E-state index in [9.17, 15) is 4.79 Å². The second-order valence-corrected chi connectivity index (χ2v) is 6.22. The number of halogens is 1. The molecule has 0 saturated heterocycles. The standard InChI is InChI=1S/C19H15ClN4O2/c1-12-6-5-9-15(17(12)20)26-11-14-10-16(25)24-19(21-14)22-18(23-24)13-7-3-2-4-8-13/h2-10H,11H2,1H3,(H,21,22,23). The highest BCUT2D eigenvalue weighted by atomic mass is 35.5. The zero-order valence-corrected chi connectivity index (χ0v) is 14.7. The van der Waals surface area contributed by atoms with Gasteiger partial charge in [-0.25, -0.2) is 0 Å². The Morgan fingerprint density at radius 2 is 1.96 bits per heavy atom. The van der Waals surface area contributed by atoms with Gasteiger partial charge in [0.05, 0.1) is 10.7 Å². The van der Waals surface area contributed by atoms with Crippen molar-refractivity contribution in [2.45, 2.75) is 13.5 Å². The Morgan fingerprint density at radius 3 is 2.77 bits per heavy atom. The summed E-state index contributed by atoms with van der Waals surface area (Å²) >= 11 is 6.23. The first-order chi connectivity index (χ1) is 12.6. The van der Waals surface area contributed by atoms with Gasteiger partial charge in [0, 0.05) is 11.6 Å². The third-order valence-corrected chi connectivity index (χ3v) is 4.44. The summed E-state index contributed by atoms with van der Waals surface area (Å²) in [4.78, 5) is 19.8. The van der Waals surface area contributed by atoms with Crippen molar-refractivity contribution in [1.29, 1.82) is 0 Å². The maximum atomic E-state index is 12.3. The average Bonchev–Trinajstić information content (AvgIpc) is 3.08. The Kier molecular flexibility index (Phi) is 4.18. The van der Waals surface area contributed by atoms with Gasteiger partial charge in [0.2, 0.25) is 5.78 Å². The Morgan fingerprint density at radius 1 is 1.15 bits per heavy atom. The van der Waals surface area contributed by atoms with Gasteiger partial charge in [-0.05, 0) is 18.6 Å². The largest absolute Gasteiger partial charge is 0.486 e. The lowest BCUT2D eigenvalue weighted by molar-refractivity contribution is 0.301. The molecule has 0 aliphatic carbocycles. The third-order valence-electron chi connectivity index (χ3n) is 3.96. The highest BCUT2D eigenvalue weighted by molar-refractivity contribution is 6.32. The highest BCUT2D eigenvalue weighted by Gasteiger charge is 2.11. The van der Waals surface area contributed by atoms with E-state index >= 15 is 0 Å². The van der Waals surface area contributed by atoms with Gasteiger partial charge < -0.3 is 9.72 Å². The molecular weight excluding hydrogens is 352 g/mol. The zero-order valence-electron chi connectivity index (χ0n) is 13.9. The van der Waals surface area contributed by atoms with Crippen LogP contribution in [0.2, 0.25) is 5.02 Å². The van der Waals surface area contributed by atoms with Crippen LogP contribution in [-0.4, -0.2) is 19.6 Å².